The van der Waals surface area contributed by atoms with Gasteiger partial charge in [0.15, 0.2) is 0 Å². The topological polar surface area (TPSA) is 63.9 Å². The van der Waals surface area contributed by atoms with Crippen LogP contribution in [0.3, 0.4) is 0 Å². The maximum absolute atomic E-state index is 6.04. The molecule has 2 heterocycles. The summed E-state index contributed by atoms with van der Waals surface area (Å²) in [6, 6.07) is 4.32. The molecule has 4 nitrogen and oxygen atoms in total. The van der Waals surface area contributed by atoms with E-state index >= 15 is 0 Å². The van der Waals surface area contributed by atoms with Crippen molar-refractivity contribution in [2.75, 3.05) is 19.8 Å². The van der Waals surface area contributed by atoms with Crippen LogP contribution in [0.1, 0.15) is 29.8 Å². The molecule has 1 fully saturated rings. The van der Waals surface area contributed by atoms with E-state index in [4.69, 9.17) is 15.5 Å². The molecule has 19 heavy (non-hydrogen) atoms. The van der Waals surface area contributed by atoms with E-state index in [1.165, 1.54) is 11.1 Å². The summed E-state index contributed by atoms with van der Waals surface area (Å²) in [5.74, 6) is 1.03. The molecule has 1 aliphatic heterocycles. The number of nitrogens with zero attached hydrogens (tertiary/aromatic N) is 1. The number of imidazole rings is 1. The van der Waals surface area contributed by atoms with Crippen LogP contribution in [0.25, 0.3) is 11.0 Å². The number of fused-ring (bicyclic) bond motifs is 1. The minimum atomic E-state index is -0.0426. The highest BCUT2D eigenvalue weighted by atomic mass is 16.5. The lowest BCUT2D eigenvalue weighted by Crippen LogP contribution is -2.41. The normalized spacial score (nSPS) is 18.9. The zero-order valence-electron chi connectivity index (χ0n) is 11.6. The number of benzene rings is 1. The Morgan fingerprint density at radius 1 is 1.26 bits per heavy atom. The molecule has 1 aromatic carbocycles. The van der Waals surface area contributed by atoms with Gasteiger partial charge in [-0.25, -0.2) is 4.98 Å². The lowest BCUT2D eigenvalue weighted by atomic mass is 9.79. The predicted molar refractivity (Wildman–Crippen MR) is 76.4 cm³/mol. The van der Waals surface area contributed by atoms with Crippen molar-refractivity contribution in [3.05, 3.63) is 29.1 Å². The third kappa shape index (κ3) is 2.05. The van der Waals surface area contributed by atoms with E-state index in [1.54, 1.807) is 0 Å². The number of nitrogens with two attached hydrogens (primary N) is 1. The molecule has 1 saturated heterocycles. The molecule has 0 spiro atoms. The maximum Gasteiger partial charge on any atom is 0.114 e. The molecule has 0 radical (unpaired) electrons. The van der Waals surface area contributed by atoms with Crippen molar-refractivity contribution < 1.29 is 4.74 Å². The summed E-state index contributed by atoms with van der Waals surface area (Å²) in [6.07, 6.45) is 1.89. The van der Waals surface area contributed by atoms with E-state index in [2.05, 4.69) is 31.0 Å². The summed E-state index contributed by atoms with van der Waals surface area (Å²) in [6.45, 7) is 6.41. The molecular weight excluding hydrogens is 238 g/mol. The SMILES string of the molecule is Cc1cc2nc(C3(CN)CCOCC3)[nH]c2cc1C. The number of nitrogens with one attached hydrogen (secondary N) is 1. The van der Waals surface area contributed by atoms with Crippen LogP contribution >= 0.6 is 0 Å². The van der Waals surface area contributed by atoms with Gasteiger partial charge in [-0.2, -0.15) is 0 Å². The zero-order chi connectivity index (χ0) is 13.5. The number of H-pyrrole nitrogens is 1. The molecule has 1 aliphatic rings. The fraction of sp³-hybridized carbons (Fsp3) is 0.533. The Kier molecular flexibility index (Phi) is 3.07. The van der Waals surface area contributed by atoms with Crippen LogP contribution in [0.2, 0.25) is 0 Å². The number of rotatable bonds is 2. The average molecular weight is 259 g/mol. The molecule has 0 aliphatic carbocycles. The Balaban J connectivity index is 2.09. The Bertz CT molecular complexity index is 558. The molecule has 0 atom stereocenters. The molecule has 3 rings (SSSR count). The molecule has 0 unspecified atom stereocenters. The van der Waals surface area contributed by atoms with Crippen molar-refractivity contribution in [1.82, 2.24) is 9.97 Å². The number of aromatic nitrogens is 2. The summed E-state index contributed by atoms with van der Waals surface area (Å²) in [5, 5.41) is 0. The molecule has 4 heteroatoms. The van der Waals surface area contributed by atoms with Crippen molar-refractivity contribution in [2.45, 2.75) is 32.1 Å². The first-order chi connectivity index (χ1) is 9.14. The zero-order valence-corrected chi connectivity index (χ0v) is 11.6. The average Bonchev–Trinajstić information content (AvgIpc) is 2.83. The van der Waals surface area contributed by atoms with Crippen molar-refractivity contribution in [2.24, 2.45) is 5.73 Å². The van der Waals surface area contributed by atoms with Gasteiger partial charge in [-0.15, -0.1) is 0 Å². The van der Waals surface area contributed by atoms with Gasteiger partial charge in [-0.05, 0) is 49.9 Å². The summed E-state index contributed by atoms with van der Waals surface area (Å²) < 4.78 is 5.46. The lowest BCUT2D eigenvalue weighted by Gasteiger charge is -2.34. The van der Waals surface area contributed by atoms with Gasteiger partial charge < -0.3 is 15.5 Å². The monoisotopic (exact) mass is 259 g/mol. The minimum absolute atomic E-state index is 0.0426. The standard InChI is InChI=1S/C15H21N3O/c1-10-7-12-13(8-11(10)2)18-14(17-12)15(9-16)3-5-19-6-4-15/h7-8H,3-6,9,16H2,1-2H3,(H,17,18). The molecule has 3 N–H and O–H groups in total. The second-order valence-corrected chi connectivity index (χ2v) is 5.64. The van der Waals surface area contributed by atoms with Crippen LogP contribution in [0.5, 0.6) is 0 Å². The Morgan fingerprint density at radius 3 is 2.63 bits per heavy atom. The number of hydrogen-bond acceptors (Lipinski definition) is 3. The first-order valence-corrected chi connectivity index (χ1v) is 6.90. The third-order valence-electron chi connectivity index (χ3n) is 4.44. The molecular formula is C15H21N3O. The van der Waals surface area contributed by atoms with Crippen molar-refractivity contribution in [3.8, 4) is 0 Å². The molecule has 102 valence electrons. The van der Waals surface area contributed by atoms with Gasteiger partial charge in [0, 0.05) is 25.2 Å². The van der Waals surface area contributed by atoms with Crippen LogP contribution < -0.4 is 5.73 Å². The molecule has 0 amide bonds. The smallest absolute Gasteiger partial charge is 0.114 e. The van der Waals surface area contributed by atoms with E-state index in [0.29, 0.717) is 6.54 Å². The Labute approximate surface area is 113 Å². The lowest BCUT2D eigenvalue weighted by molar-refractivity contribution is 0.0503. The quantitative estimate of drug-likeness (QED) is 0.869. The molecule has 0 bridgehead atoms. The highest BCUT2D eigenvalue weighted by Gasteiger charge is 2.36. The number of aryl methyl sites for hydroxylation is 2. The summed E-state index contributed by atoms with van der Waals surface area (Å²) in [5.41, 5.74) is 10.7. The van der Waals surface area contributed by atoms with Gasteiger partial charge in [0.05, 0.1) is 11.0 Å². The fourth-order valence-electron chi connectivity index (χ4n) is 2.82. The predicted octanol–water partition coefficient (Wildman–Crippen LogP) is 2.19. The van der Waals surface area contributed by atoms with Crippen molar-refractivity contribution in [1.29, 1.82) is 0 Å². The van der Waals surface area contributed by atoms with Gasteiger partial charge in [0.2, 0.25) is 0 Å². The maximum atomic E-state index is 6.04. The third-order valence-corrected chi connectivity index (χ3v) is 4.44. The van der Waals surface area contributed by atoms with Crippen LogP contribution in [0.4, 0.5) is 0 Å². The second-order valence-electron chi connectivity index (χ2n) is 5.64. The molecule has 2 aromatic rings. The second kappa shape index (κ2) is 4.62. The van der Waals surface area contributed by atoms with Crippen LogP contribution in [0, 0.1) is 13.8 Å². The van der Waals surface area contributed by atoms with Gasteiger partial charge in [0.25, 0.3) is 0 Å². The largest absolute Gasteiger partial charge is 0.381 e. The first kappa shape index (κ1) is 12.6. The van der Waals surface area contributed by atoms with Crippen LogP contribution in [-0.4, -0.2) is 29.7 Å². The Morgan fingerprint density at radius 2 is 1.95 bits per heavy atom. The van der Waals surface area contributed by atoms with Crippen LogP contribution in [0.15, 0.2) is 12.1 Å². The number of aromatic amines is 1. The van der Waals surface area contributed by atoms with E-state index in [0.717, 1.165) is 42.9 Å². The molecule has 0 saturated carbocycles. The van der Waals surface area contributed by atoms with Crippen LogP contribution in [-0.2, 0) is 10.2 Å². The van der Waals surface area contributed by atoms with Gasteiger partial charge >= 0.3 is 0 Å². The Hall–Kier alpha value is -1.39. The van der Waals surface area contributed by atoms with Gasteiger partial charge in [-0.3, -0.25) is 0 Å². The van der Waals surface area contributed by atoms with Crippen molar-refractivity contribution in [3.63, 3.8) is 0 Å². The number of hydrogen-bond donors (Lipinski definition) is 2. The van der Waals surface area contributed by atoms with E-state index < -0.39 is 0 Å². The van der Waals surface area contributed by atoms with Gasteiger partial charge in [0.1, 0.15) is 5.82 Å². The summed E-state index contributed by atoms with van der Waals surface area (Å²) >= 11 is 0. The highest BCUT2D eigenvalue weighted by molar-refractivity contribution is 5.77. The van der Waals surface area contributed by atoms with E-state index in [9.17, 15) is 0 Å². The first-order valence-electron chi connectivity index (χ1n) is 6.90. The summed E-state index contributed by atoms with van der Waals surface area (Å²) in [4.78, 5) is 8.27. The van der Waals surface area contributed by atoms with Crippen molar-refractivity contribution >= 4 is 11.0 Å². The summed E-state index contributed by atoms with van der Waals surface area (Å²) in [7, 11) is 0. The molecule has 1 aromatic heterocycles. The number of ether oxygens (including phenoxy) is 1. The minimum Gasteiger partial charge on any atom is -0.381 e. The fourth-order valence-corrected chi connectivity index (χ4v) is 2.82. The van der Waals surface area contributed by atoms with E-state index in [-0.39, 0.29) is 5.41 Å². The van der Waals surface area contributed by atoms with Gasteiger partial charge in [-0.1, -0.05) is 0 Å². The highest BCUT2D eigenvalue weighted by Crippen LogP contribution is 2.33. The van der Waals surface area contributed by atoms with E-state index in [1.807, 2.05) is 0 Å².